The zero-order chi connectivity index (χ0) is 16.1. The second-order valence-electron chi connectivity index (χ2n) is 5.45. The third kappa shape index (κ3) is 3.82. The summed E-state index contributed by atoms with van der Waals surface area (Å²) in [6.07, 6.45) is 0.403. The quantitative estimate of drug-likeness (QED) is 0.731. The van der Waals surface area contributed by atoms with Gasteiger partial charge in [0.1, 0.15) is 11.8 Å². The van der Waals surface area contributed by atoms with Gasteiger partial charge in [0.05, 0.1) is 19.3 Å². The molecule has 0 unspecified atom stereocenters. The van der Waals surface area contributed by atoms with Gasteiger partial charge in [-0.3, -0.25) is 9.59 Å². The number of hydrogen-bond donors (Lipinski definition) is 1. The topological polar surface area (TPSA) is 89.5 Å². The molecular weight excluding hydrogens is 290 g/mol. The molecule has 0 bridgehead atoms. The van der Waals surface area contributed by atoms with Gasteiger partial charge in [-0.25, -0.2) is 5.01 Å². The molecule has 8 nitrogen and oxygen atoms in total. The van der Waals surface area contributed by atoms with Gasteiger partial charge >= 0.3 is 0 Å². The Kier molecular flexibility index (Phi) is 5.87. The molecule has 2 aliphatic heterocycles. The van der Waals surface area contributed by atoms with Crippen molar-refractivity contribution in [1.29, 1.82) is 0 Å². The first-order valence-corrected chi connectivity index (χ1v) is 7.32. The molecule has 2 rings (SSSR count). The van der Waals surface area contributed by atoms with E-state index in [1.807, 2.05) is 0 Å². The molecule has 2 heterocycles. The zero-order valence-corrected chi connectivity index (χ0v) is 13.2. The molecule has 3 atom stereocenters. The molecule has 0 aromatic heterocycles. The van der Waals surface area contributed by atoms with E-state index >= 15 is 0 Å². The minimum absolute atomic E-state index is 0.0104. The van der Waals surface area contributed by atoms with Crippen molar-refractivity contribution in [2.24, 2.45) is 11.0 Å². The first-order chi connectivity index (χ1) is 10.6. The van der Waals surface area contributed by atoms with Crippen molar-refractivity contribution in [3.8, 4) is 0 Å². The number of methoxy groups -OCH3 is 2. The average molecular weight is 313 g/mol. The summed E-state index contributed by atoms with van der Waals surface area (Å²) >= 11 is 0. The van der Waals surface area contributed by atoms with Crippen LogP contribution in [-0.2, 0) is 23.8 Å². The molecular formula is C14H23N3O5. The Bertz CT molecular complexity index is 454. The lowest BCUT2D eigenvalue weighted by Crippen LogP contribution is -2.51. The Labute approximate surface area is 129 Å². The fraction of sp³-hybridized carbons (Fsp3) is 0.786. The fourth-order valence-electron chi connectivity index (χ4n) is 2.71. The van der Waals surface area contributed by atoms with E-state index in [0.717, 1.165) is 0 Å². The fourth-order valence-corrected chi connectivity index (χ4v) is 2.71. The van der Waals surface area contributed by atoms with E-state index in [4.69, 9.17) is 14.2 Å². The summed E-state index contributed by atoms with van der Waals surface area (Å²) in [6.45, 7) is 1.40. The second-order valence-corrected chi connectivity index (χ2v) is 5.45. The summed E-state index contributed by atoms with van der Waals surface area (Å²) in [6, 6.07) is 0. The SMILES string of the molecule is CO[C@H]1[C@H](CNC(=O)C2=NN(C)C(=O)CC2)COC[C@H]1OC. The van der Waals surface area contributed by atoms with Gasteiger partial charge in [0, 0.05) is 46.6 Å². The van der Waals surface area contributed by atoms with Gasteiger partial charge in [0.25, 0.3) is 5.91 Å². The van der Waals surface area contributed by atoms with E-state index in [0.29, 0.717) is 38.3 Å². The maximum Gasteiger partial charge on any atom is 0.267 e. The number of hydrogen-bond acceptors (Lipinski definition) is 6. The number of nitrogens with zero attached hydrogens (tertiary/aromatic N) is 2. The van der Waals surface area contributed by atoms with Crippen molar-refractivity contribution in [3.63, 3.8) is 0 Å². The average Bonchev–Trinajstić information content (AvgIpc) is 2.54. The smallest absolute Gasteiger partial charge is 0.267 e. The summed E-state index contributed by atoms with van der Waals surface area (Å²) in [5.74, 6) is -0.329. The summed E-state index contributed by atoms with van der Waals surface area (Å²) in [5.41, 5.74) is 0.371. The molecule has 124 valence electrons. The van der Waals surface area contributed by atoms with Gasteiger partial charge in [-0.05, 0) is 0 Å². The molecule has 0 aromatic carbocycles. The van der Waals surface area contributed by atoms with Crippen LogP contribution < -0.4 is 5.32 Å². The van der Waals surface area contributed by atoms with Crippen molar-refractivity contribution in [2.45, 2.75) is 25.0 Å². The highest BCUT2D eigenvalue weighted by molar-refractivity contribution is 6.39. The van der Waals surface area contributed by atoms with E-state index in [2.05, 4.69) is 10.4 Å². The molecule has 0 spiro atoms. The number of amides is 2. The number of nitrogens with one attached hydrogen (secondary N) is 1. The highest BCUT2D eigenvalue weighted by atomic mass is 16.6. The number of carbonyl (C=O) groups is 2. The monoisotopic (exact) mass is 313 g/mol. The Hall–Kier alpha value is -1.51. The standard InChI is InChI=1S/C14H23N3O5/c1-17-12(18)5-4-10(16-17)14(19)15-6-9-7-22-8-11(20-2)13(9)21-3/h9,11,13H,4-8H2,1-3H3,(H,15,19)/t9-,11-,13+/m1/s1. The van der Waals surface area contributed by atoms with Crippen molar-refractivity contribution in [2.75, 3.05) is 41.0 Å². The zero-order valence-electron chi connectivity index (χ0n) is 13.2. The van der Waals surface area contributed by atoms with Crippen molar-refractivity contribution < 1.29 is 23.8 Å². The minimum atomic E-state index is -0.256. The maximum absolute atomic E-state index is 12.1. The number of ether oxygens (including phenoxy) is 3. The number of hydrazone groups is 1. The molecule has 0 radical (unpaired) electrons. The molecule has 2 amide bonds. The van der Waals surface area contributed by atoms with Crippen LogP contribution in [-0.4, -0.2) is 75.8 Å². The number of rotatable bonds is 5. The lowest BCUT2D eigenvalue weighted by atomic mass is 9.96. The van der Waals surface area contributed by atoms with Crippen LogP contribution in [0.4, 0.5) is 0 Å². The Morgan fingerprint density at radius 3 is 2.77 bits per heavy atom. The molecule has 0 aromatic rings. The predicted octanol–water partition coefficient (Wildman–Crippen LogP) is -0.613. The van der Waals surface area contributed by atoms with Crippen LogP contribution >= 0.6 is 0 Å². The minimum Gasteiger partial charge on any atom is -0.378 e. The molecule has 1 N–H and O–H groups in total. The first-order valence-electron chi connectivity index (χ1n) is 7.32. The highest BCUT2D eigenvalue weighted by Crippen LogP contribution is 2.19. The van der Waals surface area contributed by atoms with Crippen molar-refractivity contribution in [3.05, 3.63) is 0 Å². The van der Waals surface area contributed by atoms with E-state index in [1.54, 1.807) is 21.3 Å². The molecule has 8 heteroatoms. The van der Waals surface area contributed by atoms with Gasteiger partial charge in [-0.15, -0.1) is 0 Å². The van der Waals surface area contributed by atoms with E-state index in [9.17, 15) is 9.59 Å². The second kappa shape index (κ2) is 7.66. The predicted molar refractivity (Wildman–Crippen MR) is 78.4 cm³/mol. The summed E-state index contributed by atoms with van der Waals surface area (Å²) < 4.78 is 16.3. The van der Waals surface area contributed by atoms with Crippen LogP contribution in [0.3, 0.4) is 0 Å². The highest BCUT2D eigenvalue weighted by Gasteiger charge is 2.35. The van der Waals surface area contributed by atoms with Gasteiger partial charge in [0.2, 0.25) is 5.91 Å². The van der Waals surface area contributed by atoms with Crippen LogP contribution in [0, 0.1) is 5.92 Å². The summed E-state index contributed by atoms with van der Waals surface area (Å²) in [5, 5.41) is 8.05. The van der Waals surface area contributed by atoms with Crippen molar-refractivity contribution >= 4 is 17.5 Å². The van der Waals surface area contributed by atoms with Crippen LogP contribution in [0.15, 0.2) is 5.10 Å². The van der Waals surface area contributed by atoms with Crippen molar-refractivity contribution in [1.82, 2.24) is 10.3 Å². The van der Waals surface area contributed by atoms with E-state index < -0.39 is 0 Å². The lowest BCUT2D eigenvalue weighted by Gasteiger charge is -2.36. The molecule has 2 aliphatic rings. The molecule has 1 fully saturated rings. The van der Waals surface area contributed by atoms with Crippen LogP contribution in [0.1, 0.15) is 12.8 Å². The van der Waals surface area contributed by atoms with E-state index in [1.165, 1.54) is 5.01 Å². The van der Waals surface area contributed by atoms with Gasteiger partial charge in [-0.2, -0.15) is 5.10 Å². The first kappa shape index (κ1) is 16.9. The Balaban J connectivity index is 1.90. The lowest BCUT2D eigenvalue weighted by molar-refractivity contribution is -0.146. The summed E-state index contributed by atoms with van der Waals surface area (Å²) in [4.78, 5) is 23.5. The van der Waals surface area contributed by atoms with Crippen LogP contribution in [0.2, 0.25) is 0 Å². The number of carbonyl (C=O) groups excluding carboxylic acids is 2. The largest absolute Gasteiger partial charge is 0.378 e. The molecule has 1 saturated heterocycles. The van der Waals surface area contributed by atoms with Gasteiger partial charge in [0.15, 0.2) is 0 Å². The Morgan fingerprint density at radius 2 is 2.14 bits per heavy atom. The van der Waals surface area contributed by atoms with Crippen LogP contribution in [0.5, 0.6) is 0 Å². The normalized spacial score (nSPS) is 29.2. The van der Waals surface area contributed by atoms with Crippen LogP contribution in [0.25, 0.3) is 0 Å². The van der Waals surface area contributed by atoms with Gasteiger partial charge in [-0.1, -0.05) is 0 Å². The maximum atomic E-state index is 12.1. The molecule has 0 saturated carbocycles. The molecule has 22 heavy (non-hydrogen) atoms. The summed E-state index contributed by atoms with van der Waals surface area (Å²) in [7, 11) is 4.79. The Morgan fingerprint density at radius 1 is 1.36 bits per heavy atom. The third-order valence-corrected chi connectivity index (χ3v) is 4.01. The third-order valence-electron chi connectivity index (χ3n) is 4.01. The van der Waals surface area contributed by atoms with Gasteiger partial charge < -0.3 is 19.5 Å². The van der Waals surface area contributed by atoms with E-state index in [-0.39, 0.29) is 29.9 Å². The molecule has 0 aliphatic carbocycles.